The molecule has 0 bridgehead atoms. The van der Waals surface area contributed by atoms with E-state index in [9.17, 15) is 5.11 Å². The molecule has 9 aromatic rings. The van der Waals surface area contributed by atoms with Gasteiger partial charge in [-0.25, -0.2) is 4.98 Å². The van der Waals surface area contributed by atoms with Crippen molar-refractivity contribution in [3.05, 3.63) is 192 Å². The minimum absolute atomic E-state index is 0.0856. The Morgan fingerprint density at radius 2 is 1.22 bits per heavy atom. The molecule has 0 fully saturated rings. The van der Waals surface area contributed by atoms with Crippen LogP contribution in [0.25, 0.3) is 83.9 Å². The van der Waals surface area contributed by atoms with Gasteiger partial charge in [-0.2, -0.15) is 0 Å². The second-order valence-electron chi connectivity index (χ2n) is 15.2. The average molecular weight is 756 g/mol. The normalized spacial score (nSPS) is 12.8. The van der Waals surface area contributed by atoms with Crippen LogP contribution in [0.2, 0.25) is 0 Å². The van der Waals surface area contributed by atoms with E-state index in [2.05, 4.69) is 48.5 Å². The fourth-order valence-corrected chi connectivity index (χ4v) is 7.92. The molecule has 0 saturated heterocycles. The summed E-state index contributed by atoms with van der Waals surface area (Å²) in [5.41, 5.74) is 14.3. The predicted molar refractivity (Wildman–Crippen MR) is 241 cm³/mol. The van der Waals surface area contributed by atoms with Gasteiger partial charge in [0, 0.05) is 22.8 Å². The van der Waals surface area contributed by atoms with E-state index in [1.807, 2.05) is 148 Å². The van der Waals surface area contributed by atoms with Crippen molar-refractivity contribution in [1.82, 2.24) is 14.5 Å². The highest BCUT2D eigenvalue weighted by atomic mass is 16.3. The van der Waals surface area contributed by atoms with E-state index < -0.39 is 12.7 Å². The second kappa shape index (κ2) is 15.1. The summed E-state index contributed by atoms with van der Waals surface area (Å²) < 4.78 is 36.8. The largest absolute Gasteiger partial charge is 0.507 e. The number of aromatic hydroxyl groups is 1. The zero-order valence-electron chi connectivity index (χ0n) is 37.0. The molecule has 0 aliphatic rings. The summed E-state index contributed by atoms with van der Waals surface area (Å²) in [6.45, 7) is 5.14. The number of phenolic OH excluding ortho intramolecular Hbond substituents is 1. The van der Waals surface area contributed by atoms with Gasteiger partial charge in [-0.05, 0) is 142 Å². The van der Waals surface area contributed by atoms with Gasteiger partial charge in [0.05, 0.1) is 28.0 Å². The Kier molecular flexibility index (Phi) is 8.37. The molecule has 2 heterocycles. The molecular weight excluding hydrogens is 707 g/mol. The lowest BCUT2D eigenvalue weighted by Crippen LogP contribution is -2.01. The molecule has 0 aliphatic carbocycles. The van der Waals surface area contributed by atoms with E-state index in [-0.39, 0.29) is 11.3 Å². The van der Waals surface area contributed by atoms with Crippen molar-refractivity contribution in [2.75, 3.05) is 0 Å². The van der Waals surface area contributed by atoms with Gasteiger partial charge in [0.15, 0.2) is 0 Å². The van der Waals surface area contributed by atoms with Gasteiger partial charge in [-0.1, -0.05) is 123 Å². The maximum absolute atomic E-state index is 11.7. The smallest absolute Gasteiger partial charge is 0.149 e. The Hall–Kier alpha value is -7.04. The van der Waals surface area contributed by atoms with Gasteiger partial charge in [0.25, 0.3) is 0 Å². The Bertz CT molecular complexity index is 3110. The van der Waals surface area contributed by atoms with Gasteiger partial charge in [-0.3, -0.25) is 9.55 Å². The van der Waals surface area contributed by atoms with Crippen LogP contribution in [0.15, 0.2) is 170 Å². The Morgan fingerprint density at radius 3 is 1.95 bits per heavy atom. The summed E-state index contributed by atoms with van der Waals surface area (Å²) in [6.07, 6.45) is 1.83. The van der Waals surface area contributed by atoms with Crippen molar-refractivity contribution >= 4 is 11.0 Å². The molecule has 58 heavy (non-hydrogen) atoms. The number of aromatic nitrogens is 3. The first-order chi connectivity index (χ1) is 29.7. The highest BCUT2D eigenvalue weighted by molar-refractivity contribution is 5.98. The molecule has 4 nitrogen and oxygen atoms in total. The third kappa shape index (κ3) is 6.88. The lowest BCUT2D eigenvalue weighted by molar-refractivity contribution is 0.472. The molecule has 4 heteroatoms. The summed E-state index contributed by atoms with van der Waals surface area (Å²) in [4.78, 5) is 10.2. The van der Waals surface area contributed by atoms with Gasteiger partial charge in [0.2, 0.25) is 0 Å². The summed E-state index contributed by atoms with van der Waals surface area (Å²) in [7, 11) is 0. The maximum Gasteiger partial charge on any atom is 0.149 e. The zero-order chi connectivity index (χ0) is 43.3. The number of aryl methyl sites for hydroxylation is 3. The molecular formula is C54H45N3O. The molecule has 9 rings (SSSR count). The number of hydrogen-bond acceptors (Lipinski definition) is 3. The van der Waals surface area contributed by atoms with Crippen molar-refractivity contribution in [3.8, 4) is 78.6 Å². The first kappa shape index (κ1) is 32.1. The van der Waals surface area contributed by atoms with Gasteiger partial charge in [-0.15, -0.1) is 0 Å². The van der Waals surface area contributed by atoms with Gasteiger partial charge in [0.1, 0.15) is 11.6 Å². The summed E-state index contributed by atoms with van der Waals surface area (Å²) in [6, 6.07) is 54.1. The number of nitrogens with zero attached hydrogens (tertiary/aromatic N) is 3. The predicted octanol–water partition coefficient (Wildman–Crippen LogP) is 14.2. The van der Waals surface area contributed by atoms with Crippen molar-refractivity contribution < 1.29 is 10.6 Å². The lowest BCUT2D eigenvalue weighted by atomic mass is 9.93. The fourth-order valence-electron chi connectivity index (χ4n) is 7.92. The highest BCUT2D eigenvalue weighted by Crippen LogP contribution is 2.42. The number of benzene rings is 7. The third-order valence-corrected chi connectivity index (χ3v) is 10.9. The van der Waals surface area contributed by atoms with Crippen molar-refractivity contribution in [2.45, 2.75) is 40.4 Å². The van der Waals surface area contributed by atoms with E-state index in [0.717, 1.165) is 66.9 Å². The molecule has 2 aromatic heterocycles. The summed E-state index contributed by atoms with van der Waals surface area (Å²) >= 11 is 0. The van der Waals surface area contributed by atoms with E-state index in [0.29, 0.717) is 33.7 Å². The highest BCUT2D eigenvalue weighted by Gasteiger charge is 2.22. The molecule has 1 N–H and O–H groups in total. The van der Waals surface area contributed by atoms with Crippen molar-refractivity contribution in [2.24, 2.45) is 0 Å². The molecule has 0 aliphatic heterocycles. The SMILES string of the molecule is [2H]C([2H])([2H])c1cc(-c2ccccc2)ccc1-n1c(-c2cc(C)cc(C)c2O)nc2c(-c3cc(-c4ccccc4)cc(-c4cc(-c5ccc(C([2H])(C)C)cc5)ccn4)c3)cccc21. The van der Waals surface area contributed by atoms with E-state index >= 15 is 0 Å². The second-order valence-corrected chi connectivity index (χ2v) is 15.2. The molecule has 282 valence electrons. The minimum atomic E-state index is -2.48. The Balaban J connectivity index is 1.28. The molecule has 7 aromatic carbocycles. The standard InChI is InChI=1S/C54H45N3O/c1-34(2)38-19-21-41(22-20-38)43-25-26-55-49(33-43)46-31-44(40-15-10-7-11-16-40)30-45(32-46)47-17-12-18-51-52(47)56-54(48-28-35(3)27-37(5)53(48)58)57(51)50-24-23-42(29-36(50)4)39-13-8-6-9-14-39/h6-34,58H,1-5H3/i4D3,34D. The van der Waals surface area contributed by atoms with Crippen LogP contribution < -0.4 is 0 Å². The molecule has 0 radical (unpaired) electrons. The Labute approximate surface area is 346 Å². The monoisotopic (exact) mass is 755 g/mol. The van der Waals surface area contributed by atoms with Crippen LogP contribution in [0.5, 0.6) is 5.75 Å². The number of fused-ring (bicyclic) bond motifs is 1. The van der Waals surface area contributed by atoms with E-state index in [1.54, 1.807) is 6.07 Å². The summed E-state index contributed by atoms with van der Waals surface area (Å²) in [5.74, 6) is -0.175. The zero-order valence-corrected chi connectivity index (χ0v) is 33.0. The number of para-hydroxylation sites is 1. The van der Waals surface area contributed by atoms with Crippen LogP contribution in [-0.4, -0.2) is 19.6 Å². The average Bonchev–Trinajstić information content (AvgIpc) is 3.67. The number of pyridine rings is 1. The molecule has 0 spiro atoms. The van der Waals surface area contributed by atoms with Crippen LogP contribution >= 0.6 is 0 Å². The van der Waals surface area contributed by atoms with Crippen LogP contribution in [0.3, 0.4) is 0 Å². The van der Waals surface area contributed by atoms with Gasteiger partial charge < -0.3 is 5.11 Å². The van der Waals surface area contributed by atoms with Crippen LogP contribution in [0.4, 0.5) is 0 Å². The number of imidazole rings is 1. The molecule has 0 saturated carbocycles. The quantitative estimate of drug-likeness (QED) is 0.168. The van der Waals surface area contributed by atoms with Crippen LogP contribution in [0.1, 0.15) is 47.5 Å². The van der Waals surface area contributed by atoms with Crippen molar-refractivity contribution in [3.63, 3.8) is 0 Å². The number of hydrogen-bond donors (Lipinski definition) is 1. The van der Waals surface area contributed by atoms with E-state index in [4.69, 9.17) is 15.5 Å². The lowest BCUT2D eigenvalue weighted by Gasteiger charge is -2.16. The molecule has 0 amide bonds. The number of rotatable bonds is 8. The fraction of sp³-hybridized carbons (Fsp3) is 0.111. The minimum Gasteiger partial charge on any atom is -0.507 e. The Morgan fingerprint density at radius 1 is 0.569 bits per heavy atom. The first-order valence-corrected chi connectivity index (χ1v) is 19.5. The topological polar surface area (TPSA) is 50.9 Å². The third-order valence-electron chi connectivity index (χ3n) is 10.9. The van der Waals surface area contributed by atoms with Crippen molar-refractivity contribution in [1.29, 1.82) is 0 Å². The molecule has 0 unspecified atom stereocenters. The van der Waals surface area contributed by atoms with Gasteiger partial charge >= 0.3 is 0 Å². The first-order valence-electron chi connectivity index (χ1n) is 21.5. The maximum atomic E-state index is 11.7. The van der Waals surface area contributed by atoms with Crippen LogP contribution in [-0.2, 0) is 0 Å². The van der Waals surface area contributed by atoms with E-state index in [1.165, 1.54) is 0 Å². The molecule has 0 atom stereocenters. The van der Waals surface area contributed by atoms with Crippen LogP contribution in [0, 0.1) is 20.7 Å². The summed E-state index contributed by atoms with van der Waals surface area (Å²) in [5, 5.41) is 11.7. The number of phenols is 1.